The maximum atomic E-state index is 11.4. The van der Waals surface area contributed by atoms with Crippen LogP contribution in [0.2, 0.25) is 0 Å². The molecule has 0 aliphatic carbocycles. The van der Waals surface area contributed by atoms with Crippen molar-refractivity contribution in [1.29, 1.82) is 0 Å². The molecule has 0 unspecified atom stereocenters. The molecule has 0 spiro atoms. The minimum atomic E-state index is -0.508. The first-order chi connectivity index (χ1) is 16.4. The Morgan fingerprint density at radius 3 is 1.62 bits per heavy atom. The molecule has 0 saturated carbocycles. The van der Waals surface area contributed by atoms with E-state index in [1.54, 1.807) is 24.3 Å². The third-order valence-electron chi connectivity index (χ3n) is 3.92. The van der Waals surface area contributed by atoms with Crippen LogP contribution in [-0.2, 0) is 28.4 Å². The van der Waals surface area contributed by atoms with E-state index in [-0.39, 0.29) is 0 Å². The van der Waals surface area contributed by atoms with E-state index in [0.717, 1.165) is 6.29 Å². The van der Waals surface area contributed by atoms with E-state index in [0.29, 0.717) is 90.5 Å². The van der Waals surface area contributed by atoms with Crippen LogP contribution >= 0.6 is 0 Å². The number of hydrogen-bond donors (Lipinski definition) is 1. The van der Waals surface area contributed by atoms with Gasteiger partial charge in [-0.15, -0.1) is 0 Å². The number of hydrogen-bond acceptors (Lipinski definition) is 9. The predicted octanol–water partition coefficient (Wildman–Crippen LogP) is 2.49. The van der Waals surface area contributed by atoms with Crippen LogP contribution in [0.1, 0.15) is 31.1 Å². The summed E-state index contributed by atoms with van der Waals surface area (Å²) in [5.41, 5.74) is 0.108. The highest BCUT2D eigenvalue weighted by Gasteiger charge is 2.15. The number of benzene rings is 1. The largest absolute Gasteiger partial charge is 0.491 e. The zero-order valence-corrected chi connectivity index (χ0v) is 20.5. The molecule has 0 radical (unpaired) electrons. The zero-order chi connectivity index (χ0) is 24.9. The third kappa shape index (κ3) is 18.2. The first-order valence-corrected chi connectivity index (χ1v) is 11.4. The quantitative estimate of drug-likeness (QED) is 0.220. The van der Waals surface area contributed by atoms with Crippen molar-refractivity contribution in [1.82, 2.24) is 5.32 Å². The standard InChI is InChI=1S/C24H39NO9/c1-24(2,3)34-23(27)25-8-9-28-10-11-29-12-13-30-14-15-31-16-17-32-18-19-33-22-6-4-21(20-26)5-7-22/h4-7,20H,8-19H2,1-3H3,(H,25,27). The van der Waals surface area contributed by atoms with E-state index < -0.39 is 11.7 Å². The number of ether oxygens (including phenoxy) is 7. The Morgan fingerprint density at radius 1 is 0.735 bits per heavy atom. The average Bonchev–Trinajstić information content (AvgIpc) is 2.79. The van der Waals surface area contributed by atoms with Crippen molar-refractivity contribution in [2.24, 2.45) is 0 Å². The molecular formula is C24H39NO9. The fourth-order valence-electron chi connectivity index (χ4n) is 2.38. The molecule has 0 fully saturated rings. The van der Waals surface area contributed by atoms with Crippen molar-refractivity contribution < 1.29 is 42.7 Å². The van der Waals surface area contributed by atoms with Gasteiger partial charge in [0.15, 0.2) is 0 Å². The van der Waals surface area contributed by atoms with Crippen LogP contribution in [0.5, 0.6) is 5.75 Å². The highest BCUT2D eigenvalue weighted by Crippen LogP contribution is 2.10. The minimum Gasteiger partial charge on any atom is -0.491 e. The Morgan fingerprint density at radius 2 is 1.18 bits per heavy atom. The highest BCUT2D eigenvalue weighted by molar-refractivity contribution is 5.74. The number of amides is 1. The minimum absolute atomic E-state index is 0.384. The maximum Gasteiger partial charge on any atom is 0.407 e. The number of carbonyl (C=O) groups excluding carboxylic acids is 2. The second-order valence-corrected chi connectivity index (χ2v) is 8.03. The second kappa shape index (κ2) is 19.1. The van der Waals surface area contributed by atoms with Gasteiger partial charge in [-0.1, -0.05) is 0 Å². The summed E-state index contributed by atoms with van der Waals surface area (Å²) in [5, 5.41) is 2.62. The van der Waals surface area contributed by atoms with Gasteiger partial charge >= 0.3 is 6.09 Å². The summed E-state index contributed by atoms with van der Waals surface area (Å²) in [5.74, 6) is 0.701. The van der Waals surface area contributed by atoms with Crippen LogP contribution in [0.4, 0.5) is 4.79 Å². The first kappa shape index (κ1) is 29.8. The molecule has 0 heterocycles. The molecule has 1 rings (SSSR count). The molecule has 0 aromatic heterocycles. The molecule has 10 heteroatoms. The van der Waals surface area contributed by atoms with E-state index in [2.05, 4.69) is 5.32 Å². The molecule has 194 valence electrons. The molecule has 0 bridgehead atoms. The molecule has 1 amide bonds. The second-order valence-electron chi connectivity index (χ2n) is 8.03. The SMILES string of the molecule is CC(C)(C)OC(=O)NCCOCCOCCOCCOCCOCCOc1ccc(C=O)cc1. The number of carbonyl (C=O) groups is 2. The molecule has 1 aromatic carbocycles. The Balaban J connectivity index is 1.74. The van der Waals surface area contributed by atoms with Crippen LogP contribution < -0.4 is 10.1 Å². The molecular weight excluding hydrogens is 446 g/mol. The molecule has 0 aliphatic rings. The van der Waals surface area contributed by atoms with Crippen molar-refractivity contribution in [3.8, 4) is 5.75 Å². The lowest BCUT2D eigenvalue weighted by molar-refractivity contribution is -0.0126. The van der Waals surface area contributed by atoms with E-state index in [1.165, 1.54) is 0 Å². The van der Waals surface area contributed by atoms with E-state index >= 15 is 0 Å². The lowest BCUT2D eigenvalue weighted by Crippen LogP contribution is -2.34. The number of nitrogens with one attached hydrogen (secondary N) is 1. The maximum absolute atomic E-state index is 11.4. The van der Waals surface area contributed by atoms with Gasteiger partial charge in [0.25, 0.3) is 0 Å². The van der Waals surface area contributed by atoms with E-state index in [1.807, 2.05) is 20.8 Å². The van der Waals surface area contributed by atoms with Gasteiger partial charge in [-0.05, 0) is 45.0 Å². The summed E-state index contributed by atoms with van der Waals surface area (Å²) < 4.78 is 37.7. The summed E-state index contributed by atoms with van der Waals surface area (Å²) in [6.45, 7) is 10.9. The molecule has 0 atom stereocenters. The highest BCUT2D eigenvalue weighted by atomic mass is 16.6. The van der Waals surface area contributed by atoms with Crippen LogP contribution in [-0.4, -0.2) is 97.2 Å². The summed E-state index contributed by atoms with van der Waals surface area (Å²) in [7, 11) is 0. The smallest absolute Gasteiger partial charge is 0.407 e. The van der Waals surface area contributed by atoms with E-state index in [9.17, 15) is 9.59 Å². The topological polar surface area (TPSA) is 111 Å². The predicted molar refractivity (Wildman–Crippen MR) is 126 cm³/mol. The summed E-state index contributed by atoms with van der Waals surface area (Å²) in [4.78, 5) is 22.0. The number of aldehydes is 1. The van der Waals surface area contributed by atoms with E-state index in [4.69, 9.17) is 33.2 Å². The molecule has 1 N–H and O–H groups in total. The first-order valence-electron chi connectivity index (χ1n) is 11.4. The Hall–Kier alpha value is -2.24. The van der Waals surface area contributed by atoms with Crippen LogP contribution in [0.25, 0.3) is 0 Å². The fraction of sp³-hybridized carbons (Fsp3) is 0.667. The molecule has 34 heavy (non-hydrogen) atoms. The summed E-state index contributed by atoms with van der Waals surface area (Å²) in [6, 6.07) is 6.91. The average molecular weight is 486 g/mol. The van der Waals surface area contributed by atoms with Gasteiger partial charge in [-0.2, -0.15) is 0 Å². The van der Waals surface area contributed by atoms with Crippen molar-refractivity contribution in [2.75, 3.05) is 79.2 Å². The van der Waals surface area contributed by atoms with Crippen molar-refractivity contribution in [3.63, 3.8) is 0 Å². The molecule has 0 aliphatic heterocycles. The third-order valence-corrected chi connectivity index (χ3v) is 3.92. The van der Waals surface area contributed by atoms with Gasteiger partial charge in [0, 0.05) is 12.1 Å². The van der Waals surface area contributed by atoms with Crippen LogP contribution in [0, 0.1) is 0 Å². The summed E-state index contributed by atoms with van der Waals surface area (Å²) in [6.07, 6.45) is 0.341. The van der Waals surface area contributed by atoms with Crippen LogP contribution in [0.15, 0.2) is 24.3 Å². The zero-order valence-electron chi connectivity index (χ0n) is 20.5. The van der Waals surface area contributed by atoms with Crippen LogP contribution in [0.3, 0.4) is 0 Å². The Bertz CT molecular complexity index is 647. The van der Waals surface area contributed by atoms with Crippen molar-refractivity contribution in [3.05, 3.63) is 29.8 Å². The van der Waals surface area contributed by atoms with Gasteiger partial charge < -0.3 is 38.5 Å². The Labute approximate surface area is 202 Å². The van der Waals surface area contributed by atoms with Gasteiger partial charge in [0.05, 0.1) is 66.1 Å². The van der Waals surface area contributed by atoms with Crippen molar-refractivity contribution >= 4 is 12.4 Å². The molecule has 1 aromatic rings. The lowest BCUT2D eigenvalue weighted by atomic mass is 10.2. The Kier molecular flexibility index (Phi) is 16.7. The fourth-order valence-corrected chi connectivity index (χ4v) is 2.38. The van der Waals surface area contributed by atoms with Gasteiger partial charge in [0.1, 0.15) is 24.2 Å². The number of alkyl carbamates (subject to hydrolysis) is 1. The van der Waals surface area contributed by atoms with Gasteiger partial charge in [-0.25, -0.2) is 4.79 Å². The molecule has 0 saturated heterocycles. The monoisotopic (exact) mass is 485 g/mol. The normalized spacial score (nSPS) is 11.3. The lowest BCUT2D eigenvalue weighted by Gasteiger charge is -2.19. The summed E-state index contributed by atoms with van der Waals surface area (Å²) >= 11 is 0. The van der Waals surface area contributed by atoms with Gasteiger partial charge in [0.2, 0.25) is 0 Å². The van der Waals surface area contributed by atoms with Crippen molar-refractivity contribution in [2.45, 2.75) is 26.4 Å². The molecule has 10 nitrogen and oxygen atoms in total. The number of rotatable bonds is 20. The van der Waals surface area contributed by atoms with Gasteiger partial charge in [-0.3, -0.25) is 4.79 Å².